The van der Waals surface area contributed by atoms with Crippen LogP contribution in [-0.4, -0.2) is 21.2 Å². The lowest BCUT2D eigenvalue weighted by Crippen LogP contribution is -1.99. The second-order valence-electron chi connectivity index (χ2n) is 3.38. The molecule has 0 aliphatic heterocycles. The van der Waals surface area contributed by atoms with Gasteiger partial charge in [-0.25, -0.2) is 4.98 Å². The number of carboxylic acids is 1. The summed E-state index contributed by atoms with van der Waals surface area (Å²) in [7, 11) is 0. The molecule has 2 N–H and O–H groups in total. The Kier molecular flexibility index (Phi) is 3.01. The van der Waals surface area contributed by atoms with E-state index >= 15 is 0 Å². The fourth-order valence-electron chi connectivity index (χ4n) is 1.35. The van der Waals surface area contributed by atoms with Crippen molar-refractivity contribution < 1.29 is 19.4 Å². The Hall–Kier alpha value is -2.01. The van der Waals surface area contributed by atoms with Crippen molar-refractivity contribution in [2.45, 2.75) is 6.42 Å². The smallest absolute Gasteiger partial charge is 0.309 e. The number of hydrogen-bond acceptors (Lipinski definition) is 4. The van der Waals surface area contributed by atoms with Crippen LogP contribution >= 0.6 is 11.6 Å². The van der Waals surface area contributed by atoms with E-state index in [1.54, 1.807) is 0 Å². The molecule has 0 unspecified atom stereocenters. The third-order valence-electron chi connectivity index (χ3n) is 2.07. The highest BCUT2D eigenvalue weighted by atomic mass is 35.5. The van der Waals surface area contributed by atoms with Gasteiger partial charge in [0.2, 0.25) is 5.89 Å². The molecule has 0 bridgehead atoms. The highest BCUT2D eigenvalue weighted by Gasteiger charge is 2.13. The first-order valence-corrected chi connectivity index (χ1v) is 5.09. The molecule has 0 amide bonds. The van der Waals surface area contributed by atoms with E-state index in [2.05, 4.69) is 4.98 Å². The van der Waals surface area contributed by atoms with Gasteiger partial charge in [-0.2, -0.15) is 0 Å². The largest absolute Gasteiger partial charge is 0.507 e. The van der Waals surface area contributed by atoms with Crippen molar-refractivity contribution >= 4 is 17.6 Å². The minimum absolute atomic E-state index is 0.0295. The van der Waals surface area contributed by atoms with E-state index < -0.39 is 5.97 Å². The van der Waals surface area contributed by atoms with E-state index in [0.717, 1.165) is 0 Å². The molecule has 0 atom stereocenters. The number of carboxylic acid groups (broad SMARTS) is 1. The summed E-state index contributed by atoms with van der Waals surface area (Å²) in [6.45, 7) is 0. The fraction of sp³-hybridized carbons (Fsp3) is 0.0909. The molecule has 2 aromatic rings. The van der Waals surface area contributed by atoms with Crippen LogP contribution in [0, 0.1) is 0 Å². The predicted octanol–water partition coefficient (Wildman–Crippen LogP) is 2.33. The SMILES string of the molecule is O=C(O)Cc1coc(-c2cc(Cl)ccc2O)n1. The highest BCUT2D eigenvalue weighted by molar-refractivity contribution is 6.30. The van der Waals surface area contributed by atoms with Crippen molar-refractivity contribution in [3.63, 3.8) is 0 Å². The normalized spacial score (nSPS) is 10.4. The van der Waals surface area contributed by atoms with Crippen LogP contribution in [0.4, 0.5) is 0 Å². The van der Waals surface area contributed by atoms with Gasteiger partial charge in [-0.1, -0.05) is 11.6 Å². The van der Waals surface area contributed by atoms with Crippen molar-refractivity contribution in [1.82, 2.24) is 4.98 Å². The molecule has 17 heavy (non-hydrogen) atoms. The number of rotatable bonds is 3. The first kappa shape index (κ1) is 11.5. The van der Waals surface area contributed by atoms with Crippen LogP contribution in [0.25, 0.3) is 11.5 Å². The Morgan fingerprint density at radius 1 is 1.47 bits per heavy atom. The fourth-order valence-corrected chi connectivity index (χ4v) is 1.52. The van der Waals surface area contributed by atoms with Crippen molar-refractivity contribution in [2.24, 2.45) is 0 Å². The summed E-state index contributed by atoms with van der Waals surface area (Å²) < 4.78 is 5.09. The lowest BCUT2D eigenvalue weighted by atomic mass is 10.2. The van der Waals surface area contributed by atoms with Crippen LogP contribution in [0.1, 0.15) is 5.69 Å². The maximum absolute atomic E-state index is 10.5. The van der Waals surface area contributed by atoms with Gasteiger partial charge < -0.3 is 14.6 Å². The van der Waals surface area contributed by atoms with Crippen LogP contribution < -0.4 is 0 Å². The summed E-state index contributed by atoms with van der Waals surface area (Å²) in [5.41, 5.74) is 0.612. The number of benzene rings is 1. The Morgan fingerprint density at radius 3 is 2.94 bits per heavy atom. The van der Waals surface area contributed by atoms with E-state index in [4.69, 9.17) is 21.1 Å². The van der Waals surface area contributed by atoms with Gasteiger partial charge in [-0.05, 0) is 18.2 Å². The molecule has 0 aliphatic carbocycles. The average molecular weight is 254 g/mol. The Labute approximate surface area is 101 Å². The second kappa shape index (κ2) is 4.47. The minimum atomic E-state index is -1.000. The molecule has 1 heterocycles. The quantitative estimate of drug-likeness (QED) is 0.877. The van der Waals surface area contributed by atoms with Crippen LogP contribution in [-0.2, 0) is 11.2 Å². The molecule has 0 radical (unpaired) electrons. The number of carbonyl (C=O) groups is 1. The number of aliphatic carboxylic acids is 1. The summed E-state index contributed by atoms with van der Waals surface area (Å²) in [6, 6.07) is 4.44. The van der Waals surface area contributed by atoms with Gasteiger partial charge >= 0.3 is 5.97 Å². The zero-order valence-electron chi connectivity index (χ0n) is 8.55. The lowest BCUT2D eigenvalue weighted by molar-refractivity contribution is -0.136. The zero-order valence-corrected chi connectivity index (χ0v) is 9.31. The van der Waals surface area contributed by atoms with Crippen molar-refractivity contribution in [2.75, 3.05) is 0 Å². The molecule has 0 saturated heterocycles. The Balaban J connectivity index is 2.36. The molecule has 1 aromatic carbocycles. The van der Waals surface area contributed by atoms with Crippen molar-refractivity contribution in [3.8, 4) is 17.2 Å². The van der Waals surface area contributed by atoms with E-state index in [1.807, 2.05) is 0 Å². The van der Waals surface area contributed by atoms with Crippen LogP contribution in [0.5, 0.6) is 5.75 Å². The average Bonchev–Trinajstić information content (AvgIpc) is 2.69. The van der Waals surface area contributed by atoms with Crippen LogP contribution in [0.15, 0.2) is 28.9 Å². The predicted molar refractivity (Wildman–Crippen MR) is 60.0 cm³/mol. The van der Waals surface area contributed by atoms with Gasteiger partial charge in [0.05, 0.1) is 17.7 Å². The molecule has 0 fully saturated rings. The van der Waals surface area contributed by atoms with E-state index in [-0.39, 0.29) is 23.8 Å². The highest BCUT2D eigenvalue weighted by Crippen LogP contribution is 2.30. The summed E-state index contributed by atoms with van der Waals surface area (Å²) in [5, 5.41) is 18.6. The standard InChI is InChI=1S/C11H8ClNO4/c12-6-1-2-9(14)8(3-6)11-13-7(5-17-11)4-10(15)16/h1-3,5,14H,4H2,(H,15,16). The van der Waals surface area contributed by atoms with E-state index in [9.17, 15) is 9.90 Å². The summed E-state index contributed by atoms with van der Waals surface area (Å²) >= 11 is 5.78. The maximum atomic E-state index is 10.5. The Morgan fingerprint density at radius 2 is 2.24 bits per heavy atom. The molecule has 6 heteroatoms. The van der Waals surface area contributed by atoms with Gasteiger partial charge in [0.25, 0.3) is 0 Å². The van der Waals surface area contributed by atoms with Crippen molar-refractivity contribution in [3.05, 3.63) is 35.2 Å². The van der Waals surface area contributed by atoms with E-state index in [1.165, 1.54) is 24.5 Å². The van der Waals surface area contributed by atoms with Crippen LogP contribution in [0.3, 0.4) is 0 Å². The molecule has 0 saturated carbocycles. The van der Waals surface area contributed by atoms with Gasteiger partial charge in [0.1, 0.15) is 12.0 Å². The number of halogens is 1. The molecule has 1 aromatic heterocycles. The molecular formula is C11H8ClNO4. The molecule has 2 rings (SSSR count). The van der Waals surface area contributed by atoms with Crippen LogP contribution in [0.2, 0.25) is 5.02 Å². The number of aromatic nitrogens is 1. The second-order valence-corrected chi connectivity index (χ2v) is 3.81. The van der Waals surface area contributed by atoms with Crippen molar-refractivity contribution in [1.29, 1.82) is 0 Å². The topological polar surface area (TPSA) is 83.6 Å². The molecular weight excluding hydrogens is 246 g/mol. The van der Waals surface area contributed by atoms with Gasteiger partial charge in [-0.15, -0.1) is 0 Å². The number of hydrogen-bond donors (Lipinski definition) is 2. The lowest BCUT2D eigenvalue weighted by Gasteiger charge is -1.99. The first-order valence-electron chi connectivity index (χ1n) is 4.71. The molecule has 0 spiro atoms. The third-order valence-corrected chi connectivity index (χ3v) is 2.31. The number of phenolic OH excluding ortho intramolecular Hbond substituents is 1. The third kappa shape index (κ3) is 2.57. The van der Waals surface area contributed by atoms with Gasteiger partial charge in [-0.3, -0.25) is 4.79 Å². The number of aromatic hydroxyl groups is 1. The summed E-state index contributed by atoms with van der Waals surface area (Å²) in [5.74, 6) is -0.889. The van der Waals surface area contributed by atoms with E-state index in [0.29, 0.717) is 10.6 Å². The van der Waals surface area contributed by atoms with Gasteiger partial charge in [0, 0.05) is 5.02 Å². The molecule has 0 aliphatic rings. The van der Waals surface area contributed by atoms with Gasteiger partial charge in [0.15, 0.2) is 0 Å². The minimum Gasteiger partial charge on any atom is -0.507 e. The number of phenols is 1. The molecule has 88 valence electrons. The Bertz CT molecular complexity index is 564. The number of oxazole rings is 1. The first-order chi connectivity index (χ1) is 8.06. The summed E-state index contributed by atoms with van der Waals surface area (Å²) in [6.07, 6.45) is 1.01. The monoisotopic (exact) mass is 253 g/mol. The maximum Gasteiger partial charge on any atom is 0.309 e. The number of nitrogens with zero attached hydrogens (tertiary/aromatic N) is 1. The summed E-state index contributed by atoms with van der Waals surface area (Å²) in [4.78, 5) is 14.4. The molecule has 5 nitrogen and oxygen atoms in total. The zero-order chi connectivity index (χ0) is 12.4.